The lowest BCUT2D eigenvalue weighted by Gasteiger charge is -2.17. The van der Waals surface area contributed by atoms with Gasteiger partial charge in [0.2, 0.25) is 11.8 Å². The molecule has 0 aromatic heterocycles. The summed E-state index contributed by atoms with van der Waals surface area (Å²) < 4.78 is 5.68. The van der Waals surface area contributed by atoms with Crippen molar-refractivity contribution in [3.63, 3.8) is 0 Å². The van der Waals surface area contributed by atoms with Crippen molar-refractivity contribution in [2.75, 3.05) is 18.5 Å². The molecule has 0 radical (unpaired) electrons. The minimum absolute atomic E-state index is 0.0405. The fourth-order valence-corrected chi connectivity index (χ4v) is 3.37. The van der Waals surface area contributed by atoms with Crippen LogP contribution in [0.5, 0.6) is 5.75 Å². The van der Waals surface area contributed by atoms with Crippen LogP contribution in [-0.2, 0) is 22.4 Å². The number of rotatable bonds is 7. The van der Waals surface area contributed by atoms with Gasteiger partial charge in [-0.2, -0.15) is 0 Å². The molecule has 1 heterocycles. The second-order valence-electron chi connectivity index (χ2n) is 6.30. The van der Waals surface area contributed by atoms with Gasteiger partial charge in [0.05, 0.1) is 6.54 Å². The number of carbonyl (C=O) groups is 2. The molecule has 0 saturated heterocycles. The van der Waals surface area contributed by atoms with Crippen molar-refractivity contribution in [2.45, 2.75) is 25.7 Å². The number of aryl methyl sites for hydroxylation is 2. The molecule has 0 atom stereocenters. The summed E-state index contributed by atoms with van der Waals surface area (Å²) >= 11 is 12.0. The molecule has 1 aliphatic heterocycles. The van der Waals surface area contributed by atoms with Crippen LogP contribution in [0.4, 0.5) is 5.69 Å². The Kier molecular flexibility index (Phi) is 6.58. The Balaban J connectivity index is 1.38. The summed E-state index contributed by atoms with van der Waals surface area (Å²) in [5.74, 6) is 0.712. The number of nitrogens with one attached hydrogen (secondary N) is 2. The molecule has 3 rings (SSSR count). The molecule has 1 aliphatic rings. The first-order valence-electron chi connectivity index (χ1n) is 8.77. The lowest BCUT2D eigenvalue weighted by Crippen LogP contribution is -2.28. The van der Waals surface area contributed by atoms with Crippen molar-refractivity contribution in [2.24, 2.45) is 0 Å². The average Bonchev–Trinajstić information content (AvgIpc) is 2.64. The van der Waals surface area contributed by atoms with Crippen LogP contribution < -0.4 is 15.4 Å². The zero-order valence-electron chi connectivity index (χ0n) is 14.7. The smallest absolute Gasteiger partial charge is 0.224 e. The Morgan fingerprint density at radius 1 is 1.15 bits per heavy atom. The third-order valence-electron chi connectivity index (χ3n) is 4.30. The fraction of sp³-hybridized carbons (Fsp3) is 0.300. The van der Waals surface area contributed by atoms with Crippen LogP contribution in [-0.4, -0.2) is 25.0 Å². The van der Waals surface area contributed by atoms with Gasteiger partial charge in [0.25, 0.3) is 0 Å². The quantitative estimate of drug-likeness (QED) is 0.682. The molecule has 0 saturated carbocycles. The van der Waals surface area contributed by atoms with E-state index in [4.69, 9.17) is 27.9 Å². The summed E-state index contributed by atoms with van der Waals surface area (Å²) in [6, 6.07) is 10.9. The predicted octanol–water partition coefficient (Wildman–Crippen LogP) is 4.01. The van der Waals surface area contributed by atoms with Gasteiger partial charge in [0.1, 0.15) is 12.4 Å². The van der Waals surface area contributed by atoms with Crippen LogP contribution in [0.1, 0.15) is 24.0 Å². The first kappa shape index (κ1) is 19.5. The minimum atomic E-state index is -0.0576. The number of hydrogen-bond acceptors (Lipinski definition) is 3. The first-order valence-corrected chi connectivity index (χ1v) is 9.53. The molecule has 7 heteroatoms. The summed E-state index contributed by atoms with van der Waals surface area (Å²) in [6.45, 7) is 0.791. The van der Waals surface area contributed by atoms with Crippen molar-refractivity contribution in [1.29, 1.82) is 0 Å². The summed E-state index contributed by atoms with van der Waals surface area (Å²) in [5, 5.41) is 6.82. The van der Waals surface area contributed by atoms with Crippen molar-refractivity contribution < 1.29 is 14.3 Å². The average molecular weight is 407 g/mol. The molecule has 142 valence electrons. The maximum absolute atomic E-state index is 12.0. The Bertz CT molecular complexity index is 855. The van der Waals surface area contributed by atoms with Gasteiger partial charge in [-0.25, -0.2) is 0 Å². The summed E-state index contributed by atoms with van der Waals surface area (Å²) in [7, 11) is 0. The van der Waals surface area contributed by atoms with E-state index in [2.05, 4.69) is 10.6 Å². The fourth-order valence-electron chi connectivity index (χ4n) is 2.87. The Hall–Kier alpha value is -2.24. The number of carbonyl (C=O) groups excluding carboxylic acids is 2. The van der Waals surface area contributed by atoms with E-state index in [-0.39, 0.29) is 11.8 Å². The van der Waals surface area contributed by atoms with E-state index in [1.54, 1.807) is 12.1 Å². The summed E-state index contributed by atoms with van der Waals surface area (Å²) in [4.78, 5) is 23.3. The van der Waals surface area contributed by atoms with Gasteiger partial charge in [0, 0.05) is 28.6 Å². The zero-order valence-corrected chi connectivity index (χ0v) is 16.2. The standard InChI is InChI=1S/C20H20Cl2N2O3/c21-15-4-1-13(17(22)12-15)2-7-19(25)23-9-10-27-16-5-6-18-14(11-16)3-8-20(26)24-18/h1,4-6,11-12H,2-3,7-10H2,(H,23,25)(H,24,26). The monoisotopic (exact) mass is 406 g/mol. The third-order valence-corrected chi connectivity index (χ3v) is 4.89. The SMILES string of the molecule is O=C(CCc1ccc(Cl)cc1Cl)NCCOc1ccc2c(c1)CCC(=O)N2. The normalized spacial score (nSPS) is 12.9. The van der Waals surface area contributed by atoms with Crippen LogP contribution in [0.15, 0.2) is 36.4 Å². The van der Waals surface area contributed by atoms with Gasteiger partial charge < -0.3 is 15.4 Å². The summed E-state index contributed by atoms with van der Waals surface area (Å²) in [5.41, 5.74) is 2.80. The molecule has 2 aromatic rings. The van der Waals surface area contributed by atoms with Crippen LogP contribution in [0, 0.1) is 0 Å². The highest BCUT2D eigenvalue weighted by Crippen LogP contribution is 2.26. The van der Waals surface area contributed by atoms with E-state index >= 15 is 0 Å². The van der Waals surface area contributed by atoms with Gasteiger partial charge >= 0.3 is 0 Å². The predicted molar refractivity (Wildman–Crippen MR) is 107 cm³/mol. The van der Waals surface area contributed by atoms with Crippen LogP contribution >= 0.6 is 23.2 Å². The van der Waals surface area contributed by atoms with E-state index in [9.17, 15) is 9.59 Å². The number of amides is 2. The van der Waals surface area contributed by atoms with E-state index in [1.807, 2.05) is 24.3 Å². The molecule has 5 nitrogen and oxygen atoms in total. The third kappa shape index (κ3) is 5.62. The van der Waals surface area contributed by atoms with Crippen LogP contribution in [0.3, 0.4) is 0 Å². The topological polar surface area (TPSA) is 67.4 Å². The molecular weight excluding hydrogens is 387 g/mol. The van der Waals surface area contributed by atoms with Crippen molar-refractivity contribution in [3.8, 4) is 5.75 Å². The molecule has 0 unspecified atom stereocenters. The highest BCUT2D eigenvalue weighted by molar-refractivity contribution is 6.35. The molecule has 0 bridgehead atoms. The largest absolute Gasteiger partial charge is 0.492 e. The highest BCUT2D eigenvalue weighted by Gasteiger charge is 2.15. The van der Waals surface area contributed by atoms with Gasteiger partial charge in [-0.15, -0.1) is 0 Å². The molecular formula is C20H20Cl2N2O3. The highest BCUT2D eigenvalue weighted by atomic mass is 35.5. The number of halogens is 2. The lowest BCUT2D eigenvalue weighted by atomic mass is 10.0. The second kappa shape index (κ2) is 9.11. The Morgan fingerprint density at radius 3 is 2.81 bits per heavy atom. The van der Waals surface area contributed by atoms with Crippen LogP contribution in [0.2, 0.25) is 10.0 Å². The van der Waals surface area contributed by atoms with Gasteiger partial charge in [0.15, 0.2) is 0 Å². The Morgan fingerprint density at radius 2 is 2.00 bits per heavy atom. The number of ether oxygens (including phenoxy) is 1. The van der Waals surface area contributed by atoms with Gasteiger partial charge in [-0.05, 0) is 54.3 Å². The lowest BCUT2D eigenvalue weighted by molar-refractivity contribution is -0.121. The second-order valence-corrected chi connectivity index (χ2v) is 7.14. The number of anilines is 1. The minimum Gasteiger partial charge on any atom is -0.492 e. The maximum atomic E-state index is 12.0. The van der Waals surface area contributed by atoms with Crippen molar-refractivity contribution in [1.82, 2.24) is 5.32 Å². The van der Waals surface area contributed by atoms with Gasteiger partial charge in [-0.3, -0.25) is 9.59 Å². The zero-order chi connectivity index (χ0) is 19.2. The Labute approximate surface area is 168 Å². The first-order chi connectivity index (χ1) is 13.0. The summed E-state index contributed by atoms with van der Waals surface area (Å²) in [6.07, 6.45) is 2.10. The number of hydrogen-bond donors (Lipinski definition) is 2. The van der Waals surface area contributed by atoms with Gasteiger partial charge in [-0.1, -0.05) is 29.3 Å². The molecule has 2 amide bonds. The van der Waals surface area contributed by atoms with E-state index < -0.39 is 0 Å². The van der Waals surface area contributed by atoms with E-state index in [1.165, 1.54) is 0 Å². The molecule has 0 spiro atoms. The molecule has 2 aromatic carbocycles. The number of fused-ring (bicyclic) bond motifs is 1. The van der Waals surface area contributed by atoms with Crippen molar-refractivity contribution in [3.05, 3.63) is 57.6 Å². The molecule has 2 N–H and O–H groups in total. The molecule has 0 fully saturated rings. The van der Waals surface area contributed by atoms with Crippen molar-refractivity contribution >= 4 is 40.7 Å². The van der Waals surface area contributed by atoms with Crippen LogP contribution in [0.25, 0.3) is 0 Å². The molecule has 27 heavy (non-hydrogen) atoms. The van der Waals surface area contributed by atoms with E-state index in [0.29, 0.717) is 48.9 Å². The number of benzene rings is 2. The van der Waals surface area contributed by atoms with E-state index in [0.717, 1.165) is 22.6 Å². The maximum Gasteiger partial charge on any atom is 0.224 e. The molecule has 0 aliphatic carbocycles.